The molecule has 3 aliphatic rings. The molecule has 1 aliphatic heterocycles. The molecular formula is C18H28N2S. The summed E-state index contributed by atoms with van der Waals surface area (Å²) >= 11 is 1.92. The molecule has 1 aromatic heterocycles. The number of nitrogens with one attached hydrogen (secondary N) is 1. The lowest BCUT2D eigenvalue weighted by atomic mass is 9.83. The molecule has 4 rings (SSSR count). The van der Waals surface area contributed by atoms with Gasteiger partial charge < -0.3 is 5.32 Å². The van der Waals surface area contributed by atoms with Gasteiger partial charge in [-0.2, -0.15) is 0 Å². The number of hydrogen-bond acceptors (Lipinski definition) is 3. The Bertz CT molecular complexity index is 473. The number of hydrogen-bond donors (Lipinski definition) is 1. The predicted octanol–water partition coefficient (Wildman–Crippen LogP) is 3.68. The average Bonchev–Trinajstić information content (AvgIpc) is 3.04. The normalized spacial score (nSPS) is 32.8. The maximum atomic E-state index is 3.97. The van der Waals surface area contributed by atoms with Gasteiger partial charge in [-0.15, -0.1) is 11.3 Å². The van der Waals surface area contributed by atoms with Crippen molar-refractivity contribution in [2.24, 2.45) is 5.92 Å². The summed E-state index contributed by atoms with van der Waals surface area (Å²) in [7, 11) is 0. The molecule has 3 fully saturated rings. The molecule has 1 aromatic rings. The van der Waals surface area contributed by atoms with Gasteiger partial charge in [0.05, 0.1) is 0 Å². The predicted molar refractivity (Wildman–Crippen MR) is 89.9 cm³/mol. The van der Waals surface area contributed by atoms with Crippen LogP contribution in [0.1, 0.15) is 50.3 Å². The molecule has 1 saturated heterocycles. The lowest BCUT2D eigenvalue weighted by molar-refractivity contribution is 0.00676. The van der Waals surface area contributed by atoms with Crippen molar-refractivity contribution < 1.29 is 0 Å². The van der Waals surface area contributed by atoms with Crippen molar-refractivity contribution in [3.63, 3.8) is 0 Å². The van der Waals surface area contributed by atoms with Crippen LogP contribution in [-0.4, -0.2) is 35.6 Å². The molecule has 0 radical (unpaired) electrons. The van der Waals surface area contributed by atoms with E-state index < -0.39 is 0 Å². The fraction of sp³-hybridized carbons (Fsp3) is 0.778. The Morgan fingerprint density at radius 2 is 2.14 bits per heavy atom. The fourth-order valence-corrected chi connectivity index (χ4v) is 5.33. The van der Waals surface area contributed by atoms with Gasteiger partial charge in [-0.3, -0.25) is 4.90 Å². The zero-order valence-corrected chi connectivity index (χ0v) is 14.1. The first-order chi connectivity index (χ1) is 10.2. The van der Waals surface area contributed by atoms with Crippen LogP contribution in [0.25, 0.3) is 0 Å². The molecule has 1 N–H and O–H groups in total. The molecule has 0 amide bonds. The Balaban J connectivity index is 1.49. The Morgan fingerprint density at radius 1 is 1.33 bits per heavy atom. The second-order valence-electron chi connectivity index (χ2n) is 7.73. The Kier molecular flexibility index (Phi) is 3.63. The smallest absolute Gasteiger partial charge is 0.0335 e. The Hall–Kier alpha value is -0.380. The topological polar surface area (TPSA) is 15.3 Å². The molecule has 2 aliphatic carbocycles. The van der Waals surface area contributed by atoms with E-state index in [1.54, 1.807) is 4.88 Å². The highest BCUT2D eigenvalue weighted by molar-refractivity contribution is 7.09. The van der Waals surface area contributed by atoms with Crippen LogP contribution in [0.5, 0.6) is 0 Å². The summed E-state index contributed by atoms with van der Waals surface area (Å²) in [6.07, 6.45) is 9.79. The monoisotopic (exact) mass is 304 g/mol. The number of rotatable bonds is 4. The molecule has 1 atom stereocenters. The molecule has 1 spiro atoms. The van der Waals surface area contributed by atoms with Gasteiger partial charge in [0.2, 0.25) is 0 Å². The van der Waals surface area contributed by atoms with Gasteiger partial charge in [0.25, 0.3) is 0 Å². The average molecular weight is 305 g/mol. The third kappa shape index (κ3) is 2.69. The summed E-state index contributed by atoms with van der Waals surface area (Å²) in [6, 6.07) is 4.49. The van der Waals surface area contributed by atoms with E-state index >= 15 is 0 Å². The molecule has 21 heavy (non-hydrogen) atoms. The highest BCUT2D eigenvalue weighted by Crippen LogP contribution is 2.45. The number of piperazine rings is 1. The summed E-state index contributed by atoms with van der Waals surface area (Å²) in [5.41, 5.74) is 0.856. The van der Waals surface area contributed by atoms with Gasteiger partial charge in [0, 0.05) is 35.6 Å². The molecule has 116 valence electrons. The lowest BCUT2D eigenvalue weighted by Gasteiger charge is -2.53. The summed E-state index contributed by atoms with van der Waals surface area (Å²) in [6.45, 7) is 6.22. The van der Waals surface area contributed by atoms with Crippen LogP contribution in [0.4, 0.5) is 0 Å². The van der Waals surface area contributed by atoms with Crippen molar-refractivity contribution in [2.75, 3.05) is 19.6 Å². The van der Waals surface area contributed by atoms with Crippen LogP contribution >= 0.6 is 11.3 Å². The molecule has 0 aromatic carbocycles. The lowest BCUT2D eigenvalue weighted by Crippen LogP contribution is -2.69. The standard InChI is InChI=1S/C18H28N2S/c1-17(15-6-7-15)14-20(11-8-16-5-4-12-21-16)18(13-19-17)9-2-3-10-18/h4-5,12,15,19H,2-3,6-11,13-14H2,1H3. The minimum Gasteiger partial charge on any atom is -0.308 e. The second-order valence-corrected chi connectivity index (χ2v) is 8.76. The van der Waals surface area contributed by atoms with Crippen LogP contribution in [0.15, 0.2) is 17.5 Å². The van der Waals surface area contributed by atoms with Crippen LogP contribution in [0, 0.1) is 5.92 Å². The van der Waals surface area contributed by atoms with Gasteiger partial charge in [-0.1, -0.05) is 18.9 Å². The first-order valence-corrected chi connectivity index (χ1v) is 9.61. The highest BCUT2D eigenvalue weighted by Gasteiger charge is 2.51. The molecule has 2 saturated carbocycles. The van der Waals surface area contributed by atoms with Crippen molar-refractivity contribution in [2.45, 2.75) is 62.9 Å². The zero-order valence-electron chi connectivity index (χ0n) is 13.2. The van der Waals surface area contributed by atoms with Gasteiger partial charge in [-0.05, 0) is 56.4 Å². The van der Waals surface area contributed by atoms with Crippen molar-refractivity contribution in [1.29, 1.82) is 0 Å². The van der Waals surface area contributed by atoms with Crippen molar-refractivity contribution in [3.8, 4) is 0 Å². The van der Waals surface area contributed by atoms with E-state index in [1.807, 2.05) is 11.3 Å². The minimum absolute atomic E-state index is 0.378. The zero-order chi connectivity index (χ0) is 14.3. The van der Waals surface area contributed by atoms with E-state index in [9.17, 15) is 0 Å². The molecule has 2 heterocycles. The van der Waals surface area contributed by atoms with Crippen LogP contribution in [0.3, 0.4) is 0 Å². The molecular weight excluding hydrogens is 276 g/mol. The van der Waals surface area contributed by atoms with Crippen molar-refractivity contribution in [3.05, 3.63) is 22.4 Å². The molecule has 1 unspecified atom stereocenters. The van der Waals surface area contributed by atoms with Crippen molar-refractivity contribution >= 4 is 11.3 Å². The Labute approximate surface area is 132 Å². The van der Waals surface area contributed by atoms with Crippen molar-refractivity contribution in [1.82, 2.24) is 10.2 Å². The summed E-state index contributed by atoms with van der Waals surface area (Å²) in [5, 5.41) is 6.19. The number of nitrogens with zero attached hydrogens (tertiary/aromatic N) is 1. The van der Waals surface area contributed by atoms with Crippen LogP contribution in [-0.2, 0) is 6.42 Å². The first kappa shape index (κ1) is 14.2. The Morgan fingerprint density at radius 3 is 2.81 bits per heavy atom. The first-order valence-electron chi connectivity index (χ1n) is 8.73. The third-order valence-electron chi connectivity index (χ3n) is 6.23. The van der Waals surface area contributed by atoms with E-state index in [2.05, 4.69) is 34.7 Å². The minimum atomic E-state index is 0.378. The third-order valence-corrected chi connectivity index (χ3v) is 7.17. The van der Waals surface area contributed by atoms with Gasteiger partial charge in [0.1, 0.15) is 0 Å². The largest absolute Gasteiger partial charge is 0.308 e. The van der Waals surface area contributed by atoms with Gasteiger partial charge in [-0.25, -0.2) is 0 Å². The summed E-state index contributed by atoms with van der Waals surface area (Å²) in [4.78, 5) is 4.43. The summed E-state index contributed by atoms with van der Waals surface area (Å²) < 4.78 is 0. The van der Waals surface area contributed by atoms with Gasteiger partial charge >= 0.3 is 0 Å². The highest BCUT2D eigenvalue weighted by atomic mass is 32.1. The van der Waals surface area contributed by atoms with Crippen LogP contribution in [0.2, 0.25) is 0 Å². The molecule has 3 heteroatoms. The summed E-state index contributed by atoms with van der Waals surface area (Å²) in [5.74, 6) is 0.931. The van der Waals surface area contributed by atoms with Crippen LogP contribution < -0.4 is 5.32 Å². The van der Waals surface area contributed by atoms with Gasteiger partial charge in [0.15, 0.2) is 0 Å². The maximum absolute atomic E-state index is 3.97. The second kappa shape index (κ2) is 5.36. The SMILES string of the molecule is CC1(C2CC2)CN(CCc2cccs2)C2(CCCC2)CN1. The quantitative estimate of drug-likeness (QED) is 0.913. The molecule has 2 nitrogen and oxygen atoms in total. The molecule has 0 bridgehead atoms. The van der Waals surface area contributed by atoms with E-state index in [-0.39, 0.29) is 0 Å². The number of thiophene rings is 1. The van der Waals surface area contributed by atoms with E-state index in [1.165, 1.54) is 64.6 Å². The van der Waals surface area contributed by atoms with E-state index in [0.717, 1.165) is 5.92 Å². The maximum Gasteiger partial charge on any atom is 0.0335 e. The fourth-order valence-electron chi connectivity index (χ4n) is 4.63. The van der Waals surface area contributed by atoms with E-state index in [0.29, 0.717) is 11.1 Å². The van der Waals surface area contributed by atoms with E-state index in [4.69, 9.17) is 0 Å².